The normalized spacial score (nSPS) is 10.3. The zero-order chi connectivity index (χ0) is 11.4. The number of aliphatic hydroxyl groups is 1. The predicted octanol–water partition coefficient (Wildman–Crippen LogP) is 1.77. The number of aliphatic hydroxyl groups excluding tert-OH is 1. The highest BCUT2D eigenvalue weighted by Gasteiger charge is 2.04. The highest BCUT2D eigenvalue weighted by molar-refractivity contribution is 7.07. The maximum atomic E-state index is 11.5. The molecule has 16 heavy (non-hydrogen) atoms. The zero-order valence-electron chi connectivity index (χ0n) is 8.38. The molecule has 0 unspecified atom stereocenters. The molecule has 0 aliphatic rings. The fraction of sp³-hybridized carbons (Fsp3) is 0.182. The van der Waals surface area contributed by atoms with Crippen molar-refractivity contribution in [3.63, 3.8) is 0 Å². The average molecular weight is 238 g/mol. The van der Waals surface area contributed by atoms with E-state index in [1.54, 1.807) is 11.3 Å². The van der Waals surface area contributed by atoms with Gasteiger partial charge in [-0.1, -0.05) is 0 Å². The molecular weight excluding hydrogens is 228 g/mol. The van der Waals surface area contributed by atoms with Gasteiger partial charge in [0.2, 0.25) is 11.2 Å². The molecule has 2 aromatic heterocycles. The molecule has 0 aliphatic heterocycles. The Balaban J connectivity index is 2.07. The average Bonchev–Trinajstić information content (AvgIpc) is 2.80. The fourth-order valence-corrected chi connectivity index (χ4v) is 1.82. The van der Waals surface area contributed by atoms with Gasteiger partial charge in [0.25, 0.3) is 0 Å². The van der Waals surface area contributed by atoms with Crippen molar-refractivity contribution in [2.75, 3.05) is 0 Å². The van der Waals surface area contributed by atoms with Gasteiger partial charge in [-0.05, 0) is 22.4 Å². The summed E-state index contributed by atoms with van der Waals surface area (Å²) in [6, 6.07) is 3.15. The fourth-order valence-electron chi connectivity index (χ4n) is 1.16. The summed E-state index contributed by atoms with van der Waals surface area (Å²) in [6.07, 6.45) is 1.22. The van der Waals surface area contributed by atoms with Gasteiger partial charge < -0.3 is 14.3 Å². The second-order valence-corrected chi connectivity index (χ2v) is 3.93. The molecule has 0 aromatic carbocycles. The molecule has 4 nitrogen and oxygen atoms in total. The molecule has 0 saturated carbocycles. The van der Waals surface area contributed by atoms with Crippen molar-refractivity contribution < 1.29 is 14.3 Å². The van der Waals surface area contributed by atoms with Gasteiger partial charge in [-0.15, -0.1) is 0 Å². The summed E-state index contributed by atoms with van der Waals surface area (Å²) >= 11 is 1.57. The van der Waals surface area contributed by atoms with E-state index in [-0.39, 0.29) is 23.5 Å². The van der Waals surface area contributed by atoms with Crippen LogP contribution in [0.1, 0.15) is 11.3 Å². The van der Waals surface area contributed by atoms with Crippen LogP contribution in [0, 0.1) is 0 Å². The molecule has 0 fully saturated rings. The molecule has 0 amide bonds. The molecular formula is C11H10O4S. The minimum absolute atomic E-state index is 0.156. The largest absolute Gasteiger partial charge is 0.482 e. The molecule has 0 spiro atoms. The van der Waals surface area contributed by atoms with Crippen molar-refractivity contribution in [2.45, 2.75) is 13.2 Å². The summed E-state index contributed by atoms with van der Waals surface area (Å²) in [4.78, 5) is 11.5. The molecule has 2 rings (SSSR count). The lowest BCUT2D eigenvalue weighted by molar-refractivity contribution is 0.236. The van der Waals surface area contributed by atoms with Gasteiger partial charge in [0, 0.05) is 6.07 Å². The molecule has 0 aliphatic carbocycles. The first kappa shape index (κ1) is 10.9. The lowest BCUT2D eigenvalue weighted by Crippen LogP contribution is -2.07. The van der Waals surface area contributed by atoms with Crippen molar-refractivity contribution in [2.24, 2.45) is 0 Å². The quantitative estimate of drug-likeness (QED) is 0.881. The standard InChI is InChI=1S/C11H10O4S/c12-4-9-3-10(13)11(6-14-9)15-5-8-1-2-16-7-8/h1-3,6-7,12H,4-5H2. The summed E-state index contributed by atoms with van der Waals surface area (Å²) in [6.45, 7) is 0.0484. The first-order chi connectivity index (χ1) is 7.79. The lowest BCUT2D eigenvalue weighted by atomic mass is 10.3. The van der Waals surface area contributed by atoms with Crippen molar-refractivity contribution in [1.29, 1.82) is 0 Å². The van der Waals surface area contributed by atoms with E-state index in [0.717, 1.165) is 5.56 Å². The van der Waals surface area contributed by atoms with Gasteiger partial charge >= 0.3 is 0 Å². The number of ether oxygens (including phenoxy) is 1. The molecule has 0 radical (unpaired) electrons. The van der Waals surface area contributed by atoms with E-state index in [4.69, 9.17) is 14.3 Å². The summed E-state index contributed by atoms with van der Waals surface area (Å²) in [7, 11) is 0. The Labute approximate surface area is 95.7 Å². The third kappa shape index (κ3) is 2.50. The Morgan fingerprint density at radius 2 is 2.38 bits per heavy atom. The summed E-state index contributed by atoms with van der Waals surface area (Å²) < 4.78 is 10.3. The monoisotopic (exact) mass is 238 g/mol. The Bertz CT molecular complexity index is 501. The second kappa shape index (κ2) is 4.96. The van der Waals surface area contributed by atoms with E-state index in [1.165, 1.54) is 12.3 Å². The van der Waals surface area contributed by atoms with E-state index in [1.807, 2.05) is 16.8 Å². The maximum Gasteiger partial charge on any atom is 0.227 e. The zero-order valence-corrected chi connectivity index (χ0v) is 9.20. The van der Waals surface area contributed by atoms with Gasteiger partial charge in [0.05, 0.1) is 0 Å². The highest BCUT2D eigenvalue weighted by Crippen LogP contribution is 2.11. The van der Waals surface area contributed by atoms with Gasteiger partial charge in [-0.25, -0.2) is 0 Å². The molecule has 0 saturated heterocycles. The van der Waals surface area contributed by atoms with Gasteiger partial charge in [0.1, 0.15) is 25.2 Å². The first-order valence-electron chi connectivity index (χ1n) is 4.66. The Morgan fingerprint density at radius 3 is 3.00 bits per heavy atom. The molecule has 2 aromatic rings. The van der Waals surface area contributed by atoms with E-state index < -0.39 is 0 Å². The molecule has 1 N–H and O–H groups in total. The molecule has 0 bridgehead atoms. The van der Waals surface area contributed by atoms with Crippen molar-refractivity contribution in [1.82, 2.24) is 0 Å². The minimum Gasteiger partial charge on any atom is -0.482 e. The first-order valence-corrected chi connectivity index (χ1v) is 5.60. The Kier molecular flexibility index (Phi) is 3.38. The van der Waals surface area contributed by atoms with Crippen LogP contribution in [-0.2, 0) is 13.2 Å². The number of hydrogen-bond acceptors (Lipinski definition) is 5. The maximum absolute atomic E-state index is 11.5. The van der Waals surface area contributed by atoms with Crippen molar-refractivity contribution in [3.05, 3.63) is 50.7 Å². The van der Waals surface area contributed by atoms with Crippen molar-refractivity contribution >= 4 is 11.3 Å². The van der Waals surface area contributed by atoms with E-state index >= 15 is 0 Å². The van der Waals surface area contributed by atoms with E-state index in [9.17, 15) is 4.79 Å². The van der Waals surface area contributed by atoms with Crippen LogP contribution in [0.3, 0.4) is 0 Å². The van der Waals surface area contributed by atoms with E-state index in [0.29, 0.717) is 6.61 Å². The van der Waals surface area contributed by atoms with Crippen LogP contribution >= 0.6 is 11.3 Å². The van der Waals surface area contributed by atoms with Gasteiger partial charge in [-0.2, -0.15) is 11.3 Å². The summed E-state index contributed by atoms with van der Waals surface area (Å²) in [5.41, 5.74) is 0.723. The Morgan fingerprint density at radius 1 is 1.50 bits per heavy atom. The van der Waals surface area contributed by atoms with Crippen LogP contribution in [0.15, 0.2) is 38.4 Å². The van der Waals surface area contributed by atoms with Crippen LogP contribution < -0.4 is 10.2 Å². The van der Waals surface area contributed by atoms with Gasteiger partial charge in [-0.3, -0.25) is 4.79 Å². The number of thiophene rings is 1. The number of rotatable bonds is 4. The second-order valence-electron chi connectivity index (χ2n) is 3.15. The molecule has 2 heterocycles. The van der Waals surface area contributed by atoms with Crippen LogP contribution in [0.25, 0.3) is 0 Å². The highest BCUT2D eigenvalue weighted by atomic mass is 32.1. The van der Waals surface area contributed by atoms with Crippen LogP contribution in [0.4, 0.5) is 0 Å². The third-order valence-electron chi connectivity index (χ3n) is 1.98. The summed E-state index contributed by atoms with van der Waals surface area (Å²) in [5.74, 6) is 0.385. The molecule has 5 heteroatoms. The van der Waals surface area contributed by atoms with Crippen LogP contribution in [0.5, 0.6) is 5.75 Å². The third-order valence-corrected chi connectivity index (χ3v) is 2.71. The van der Waals surface area contributed by atoms with Gasteiger partial charge in [0.15, 0.2) is 0 Å². The molecule has 84 valence electrons. The lowest BCUT2D eigenvalue weighted by Gasteiger charge is -2.03. The van der Waals surface area contributed by atoms with Crippen LogP contribution in [0.2, 0.25) is 0 Å². The Hall–Kier alpha value is -1.59. The topological polar surface area (TPSA) is 59.7 Å². The smallest absolute Gasteiger partial charge is 0.227 e. The SMILES string of the molecule is O=c1cc(CO)occ1OCc1ccsc1. The summed E-state index contributed by atoms with van der Waals surface area (Å²) in [5, 5.41) is 12.6. The number of hydrogen-bond donors (Lipinski definition) is 1. The predicted molar refractivity (Wildman–Crippen MR) is 59.6 cm³/mol. The minimum atomic E-state index is -0.292. The molecule has 0 atom stereocenters. The van der Waals surface area contributed by atoms with E-state index in [2.05, 4.69) is 0 Å². The van der Waals surface area contributed by atoms with Crippen LogP contribution in [-0.4, -0.2) is 5.11 Å². The van der Waals surface area contributed by atoms with Crippen molar-refractivity contribution in [3.8, 4) is 5.75 Å².